The molecule has 1 amide bonds. The quantitative estimate of drug-likeness (QED) is 0.220. The van der Waals surface area contributed by atoms with Crippen LogP contribution in [-0.4, -0.2) is 55.5 Å². The van der Waals surface area contributed by atoms with E-state index in [1.54, 1.807) is 24.0 Å². The molecule has 0 radical (unpaired) electrons. The second-order valence-electron chi connectivity index (χ2n) is 13.8. The van der Waals surface area contributed by atoms with Gasteiger partial charge in [-0.3, -0.25) is 19.1 Å². The number of hydrogen-bond acceptors (Lipinski definition) is 7. The minimum absolute atomic E-state index is 0.0136. The number of amides is 1. The molecule has 12 heteroatoms. The minimum Gasteiger partial charge on any atom is -0.407 e. The molecule has 0 aliphatic carbocycles. The largest absolute Gasteiger partial charge is 0.417 e. The van der Waals surface area contributed by atoms with Crippen LogP contribution in [0.4, 0.5) is 14.5 Å². The van der Waals surface area contributed by atoms with Crippen molar-refractivity contribution in [1.29, 1.82) is 0 Å². The summed E-state index contributed by atoms with van der Waals surface area (Å²) in [7, 11) is 0. The number of rotatable bonds is 5. The van der Waals surface area contributed by atoms with Gasteiger partial charge in [-0.05, 0) is 62.3 Å². The van der Waals surface area contributed by atoms with Crippen LogP contribution in [0.2, 0.25) is 0 Å². The Morgan fingerprint density at radius 1 is 1.06 bits per heavy atom. The molecular formula is C37H38F2N6O4. The van der Waals surface area contributed by atoms with Crippen molar-refractivity contribution in [3.63, 3.8) is 0 Å². The first-order valence-corrected chi connectivity index (χ1v) is 16.6. The van der Waals surface area contributed by atoms with Crippen LogP contribution in [0, 0.1) is 18.6 Å². The standard InChI is InChI=1S/C37H38F2N6O4/c1-8-26(46)43-15-21-10-11-22-32(44(21)14-20(43)7)23-13-24(38)28(27-19(6)9-12-25-35(27)49-37(48)42-25)29(39)33(23)45(36(22)47)34-30(17(2)3)40-16-41-31(34)18(4)5/h8-9,12-13,16-18,20-21H,1,10-11,14-15H2,2-7H3,(H,42,48). The van der Waals surface area contributed by atoms with Gasteiger partial charge in [0.1, 0.15) is 12.1 Å². The molecule has 2 aromatic carbocycles. The van der Waals surface area contributed by atoms with Crippen molar-refractivity contribution in [3.8, 4) is 16.8 Å². The molecule has 5 aromatic rings. The Bertz CT molecular complexity index is 2290. The molecule has 7 rings (SSSR count). The van der Waals surface area contributed by atoms with Crippen molar-refractivity contribution in [3.05, 3.63) is 92.2 Å². The summed E-state index contributed by atoms with van der Waals surface area (Å²) in [4.78, 5) is 55.5. The summed E-state index contributed by atoms with van der Waals surface area (Å²) in [5.74, 6) is -3.12. The molecule has 1 fully saturated rings. The third kappa shape index (κ3) is 4.90. The molecule has 2 unspecified atom stereocenters. The molecule has 49 heavy (non-hydrogen) atoms. The van der Waals surface area contributed by atoms with Gasteiger partial charge in [-0.1, -0.05) is 40.3 Å². The number of carbonyl (C=O) groups excluding carboxylic acids is 1. The van der Waals surface area contributed by atoms with Crippen LogP contribution in [-0.2, 0) is 11.2 Å². The predicted molar refractivity (Wildman–Crippen MR) is 185 cm³/mol. The Balaban J connectivity index is 1.64. The number of pyridine rings is 1. The molecule has 2 atom stereocenters. The van der Waals surface area contributed by atoms with E-state index < -0.39 is 28.5 Å². The number of piperazine rings is 1. The number of oxazole rings is 1. The number of aromatic amines is 1. The fraction of sp³-hybridized carbons (Fsp3) is 0.378. The molecule has 10 nitrogen and oxygen atoms in total. The summed E-state index contributed by atoms with van der Waals surface area (Å²) in [5.41, 5.74) is 2.28. The molecule has 254 valence electrons. The van der Waals surface area contributed by atoms with Gasteiger partial charge in [-0.25, -0.2) is 23.5 Å². The van der Waals surface area contributed by atoms with E-state index in [0.29, 0.717) is 59.8 Å². The first-order chi connectivity index (χ1) is 23.3. The van der Waals surface area contributed by atoms with E-state index in [2.05, 4.69) is 21.5 Å². The van der Waals surface area contributed by atoms with Crippen LogP contribution in [0.5, 0.6) is 0 Å². The number of hydrogen-bond donors (Lipinski definition) is 1. The van der Waals surface area contributed by atoms with Crippen LogP contribution in [0.3, 0.4) is 0 Å². The molecule has 1 N–H and O–H groups in total. The van der Waals surface area contributed by atoms with Gasteiger partial charge in [0, 0.05) is 41.7 Å². The van der Waals surface area contributed by atoms with E-state index in [9.17, 15) is 14.4 Å². The zero-order chi connectivity index (χ0) is 35.0. The number of aryl methyl sites for hydroxylation is 1. The number of halogens is 2. The van der Waals surface area contributed by atoms with E-state index in [-0.39, 0.29) is 57.4 Å². The summed E-state index contributed by atoms with van der Waals surface area (Å²) in [5, 5.41) is 0.224. The Morgan fingerprint density at radius 2 is 1.76 bits per heavy atom. The molecule has 3 aromatic heterocycles. The third-order valence-corrected chi connectivity index (χ3v) is 9.98. The van der Waals surface area contributed by atoms with Gasteiger partial charge in [0.25, 0.3) is 5.56 Å². The fourth-order valence-electron chi connectivity index (χ4n) is 7.70. The third-order valence-electron chi connectivity index (χ3n) is 9.98. The number of anilines is 1. The Morgan fingerprint density at radius 3 is 2.41 bits per heavy atom. The first-order valence-electron chi connectivity index (χ1n) is 16.6. The number of aromatic nitrogens is 4. The lowest BCUT2D eigenvalue weighted by Gasteiger charge is -2.49. The second kappa shape index (κ2) is 11.8. The minimum atomic E-state index is -0.974. The Labute approximate surface area is 281 Å². The second-order valence-corrected chi connectivity index (χ2v) is 13.8. The van der Waals surface area contributed by atoms with Crippen molar-refractivity contribution >= 4 is 33.6 Å². The van der Waals surface area contributed by atoms with Crippen LogP contribution in [0.25, 0.3) is 38.8 Å². The van der Waals surface area contributed by atoms with Crippen LogP contribution in [0.15, 0.2) is 51.2 Å². The first kappa shape index (κ1) is 32.4. The highest BCUT2D eigenvalue weighted by molar-refractivity contribution is 6.01. The number of nitrogens with zero attached hydrogens (tertiary/aromatic N) is 5. The van der Waals surface area contributed by atoms with Crippen molar-refractivity contribution in [1.82, 2.24) is 24.4 Å². The topological polar surface area (TPSA) is 117 Å². The highest BCUT2D eigenvalue weighted by atomic mass is 19.1. The maximum absolute atomic E-state index is 17.8. The van der Waals surface area contributed by atoms with Crippen LogP contribution in [0.1, 0.15) is 75.4 Å². The number of benzene rings is 2. The van der Waals surface area contributed by atoms with E-state index in [1.807, 2.05) is 39.5 Å². The number of carbonyl (C=O) groups is 1. The van der Waals surface area contributed by atoms with E-state index in [4.69, 9.17) is 4.42 Å². The molecule has 1 saturated heterocycles. The summed E-state index contributed by atoms with van der Waals surface area (Å²) < 4.78 is 41.3. The van der Waals surface area contributed by atoms with E-state index in [1.165, 1.54) is 23.0 Å². The van der Waals surface area contributed by atoms with E-state index in [0.717, 1.165) is 0 Å². The van der Waals surface area contributed by atoms with Crippen LogP contribution < -0.4 is 16.2 Å². The van der Waals surface area contributed by atoms with Crippen molar-refractivity contribution in [2.45, 2.75) is 78.3 Å². The maximum Gasteiger partial charge on any atom is 0.417 e. The van der Waals surface area contributed by atoms with Gasteiger partial charge in [-0.15, -0.1) is 0 Å². The van der Waals surface area contributed by atoms with Crippen molar-refractivity contribution in [2.75, 3.05) is 18.0 Å². The van der Waals surface area contributed by atoms with Crippen molar-refractivity contribution in [2.24, 2.45) is 0 Å². The molecule has 5 heterocycles. The zero-order valence-electron chi connectivity index (χ0n) is 28.4. The average Bonchev–Trinajstić information content (AvgIpc) is 3.45. The Hall–Kier alpha value is -5.13. The summed E-state index contributed by atoms with van der Waals surface area (Å²) in [6.07, 6.45) is 3.65. The summed E-state index contributed by atoms with van der Waals surface area (Å²) in [6.45, 7) is 15.7. The van der Waals surface area contributed by atoms with Gasteiger partial charge < -0.3 is 14.2 Å². The molecular weight excluding hydrogens is 630 g/mol. The van der Waals surface area contributed by atoms with Crippen molar-refractivity contribution < 1.29 is 18.0 Å². The molecule has 0 saturated carbocycles. The Kier molecular flexibility index (Phi) is 7.79. The molecule has 2 aliphatic heterocycles. The molecule has 2 aliphatic rings. The monoisotopic (exact) mass is 668 g/mol. The van der Waals surface area contributed by atoms with Gasteiger partial charge in [0.2, 0.25) is 5.91 Å². The fourth-order valence-corrected chi connectivity index (χ4v) is 7.70. The van der Waals surface area contributed by atoms with Gasteiger partial charge in [0.05, 0.1) is 39.4 Å². The average molecular weight is 669 g/mol. The number of H-pyrrole nitrogens is 1. The highest BCUT2D eigenvalue weighted by Gasteiger charge is 2.40. The van der Waals surface area contributed by atoms with Gasteiger partial charge in [0.15, 0.2) is 11.4 Å². The number of fused-ring (bicyclic) bond motifs is 6. The summed E-state index contributed by atoms with van der Waals surface area (Å²) in [6, 6.07) is 4.12. The molecule has 0 spiro atoms. The maximum atomic E-state index is 17.8. The number of nitrogens with one attached hydrogen (secondary N) is 1. The van der Waals surface area contributed by atoms with E-state index >= 15 is 8.78 Å². The smallest absolute Gasteiger partial charge is 0.407 e. The summed E-state index contributed by atoms with van der Waals surface area (Å²) >= 11 is 0. The van der Waals surface area contributed by atoms with Crippen LogP contribution >= 0.6 is 0 Å². The molecule has 0 bridgehead atoms. The normalized spacial score (nSPS) is 17.7. The van der Waals surface area contributed by atoms with Gasteiger partial charge in [-0.2, -0.15) is 0 Å². The lowest BCUT2D eigenvalue weighted by Crippen LogP contribution is -2.60. The lowest BCUT2D eigenvalue weighted by molar-refractivity contribution is -0.129. The lowest BCUT2D eigenvalue weighted by atomic mass is 9.89. The van der Waals surface area contributed by atoms with Gasteiger partial charge >= 0.3 is 5.76 Å². The SMILES string of the molecule is C=CC(=O)N1CC2CCc3c(c4cc(F)c(-c5c(C)ccc6[nH]c(=O)oc56)c(F)c4n(-c4c(C(C)C)ncnc4C(C)C)c3=O)N2CC1C. The zero-order valence-corrected chi connectivity index (χ0v) is 28.4. The predicted octanol–water partition coefficient (Wildman–Crippen LogP) is 6.25. The highest BCUT2D eigenvalue weighted by Crippen LogP contribution is 2.44.